The van der Waals surface area contributed by atoms with E-state index >= 15 is 0 Å². The first kappa shape index (κ1) is 14.0. The van der Waals surface area contributed by atoms with E-state index in [4.69, 9.17) is 4.74 Å². The minimum Gasteiger partial charge on any atom is -0.495 e. The van der Waals surface area contributed by atoms with E-state index in [-0.39, 0.29) is 0 Å². The molecular formula is C18H17NOS2. The van der Waals surface area contributed by atoms with Crippen molar-refractivity contribution >= 4 is 35.0 Å². The predicted molar refractivity (Wildman–Crippen MR) is 96.1 cm³/mol. The Morgan fingerprint density at radius 3 is 2.95 bits per heavy atom. The fourth-order valence-corrected chi connectivity index (χ4v) is 4.92. The Balaban J connectivity index is 1.72. The van der Waals surface area contributed by atoms with Crippen molar-refractivity contribution in [1.29, 1.82) is 0 Å². The summed E-state index contributed by atoms with van der Waals surface area (Å²) in [5.74, 6) is 0.945. The molecule has 0 aromatic carbocycles. The van der Waals surface area contributed by atoms with Gasteiger partial charge in [0.25, 0.3) is 0 Å². The van der Waals surface area contributed by atoms with Gasteiger partial charge in [-0.3, -0.25) is 4.99 Å². The zero-order chi connectivity index (χ0) is 14.9. The van der Waals surface area contributed by atoms with Crippen LogP contribution in [0, 0.1) is 0 Å². The molecule has 112 valence electrons. The summed E-state index contributed by atoms with van der Waals surface area (Å²) in [6.07, 6.45) is 9.17. The summed E-state index contributed by atoms with van der Waals surface area (Å²) in [5, 5.41) is 2.11. The maximum Gasteiger partial charge on any atom is 0.137 e. The highest BCUT2D eigenvalue weighted by Crippen LogP contribution is 2.41. The summed E-state index contributed by atoms with van der Waals surface area (Å²) in [4.78, 5) is 8.36. The lowest BCUT2D eigenvalue weighted by Crippen LogP contribution is -1.96. The molecule has 3 heterocycles. The van der Waals surface area contributed by atoms with Crippen LogP contribution < -0.4 is 4.74 Å². The molecule has 4 rings (SSSR count). The molecule has 2 nitrogen and oxygen atoms in total. The number of thiophene rings is 2. The minimum absolute atomic E-state index is 0.945. The lowest BCUT2D eigenvalue weighted by molar-refractivity contribution is 0.416. The quantitative estimate of drug-likeness (QED) is 0.700. The van der Waals surface area contributed by atoms with E-state index < -0.39 is 0 Å². The fraction of sp³-hybridized carbons (Fsp3) is 0.278. The van der Waals surface area contributed by atoms with E-state index in [1.807, 2.05) is 0 Å². The average molecular weight is 327 g/mol. The lowest BCUT2D eigenvalue weighted by atomic mass is 9.92. The Kier molecular flexibility index (Phi) is 3.72. The number of hydrogen-bond acceptors (Lipinski definition) is 4. The molecule has 22 heavy (non-hydrogen) atoms. The van der Waals surface area contributed by atoms with Crippen molar-refractivity contribution in [1.82, 2.24) is 0 Å². The average Bonchev–Trinajstić information content (AvgIpc) is 3.27. The van der Waals surface area contributed by atoms with Crippen molar-refractivity contribution in [2.45, 2.75) is 25.7 Å². The number of aliphatic imine (C=N–C) groups is 1. The lowest BCUT2D eigenvalue weighted by Gasteiger charge is -2.12. The fourth-order valence-electron chi connectivity index (χ4n) is 3.03. The van der Waals surface area contributed by atoms with Gasteiger partial charge in [0.2, 0.25) is 0 Å². The van der Waals surface area contributed by atoms with E-state index in [1.165, 1.54) is 40.2 Å². The second-order valence-electron chi connectivity index (χ2n) is 5.52. The van der Waals surface area contributed by atoms with Crippen molar-refractivity contribution in [2.75, 3.05) is 7.11 Å². The Labute approximate surface area is 138 Å². The number of rotatable bonds is 3. The third-order valence-electron chi connectivity index (χ3n) is 4.16. The number of allylic oxidation sites excluding steroid dienone is 2. The van der Waals surface area contributed by atoms with E-state index in [0.29, 0.717) is 0 Å². The highest BCUT2D eigenvalue weighted by molar-refractivity contribution is 7.22. The van der Waals surface area contributed by atoms with E-state index in [9.17, 15) is 0 Å². The van der Waals surface area contributed by atoms with Gasteiger partial charge in [-0.2, -0.15) is 0 Å². The molecule has 0 atom stereocenters. The molecule has 2 aliphatic rings. The molecule has 0 spiro atoms. The molecule has 0 radical (unpaired) electrons. The van der Waals surface area contributed by atoms with Gasteiger partial charge in [-0.15, -0.1) is 22.7 Å². The van der Waals surface area contributed by atoms with E-state index in [2.05, 4.69) is 40.9 Å². The molecular weight excluding hydrogens is 310 g/mol. The van der Waals surface area contributed by atoms with Gasteiger partial charge in [-0.25, -0.2) is 0 Å². The Morgan fingerprint density at radius 1 is 1.23 bits per heavy atom. The van der Waals surface area contributed by atoms with Crippen LogP contribution in [0.25, 0.3) is 15.8 Å². The molecule has 0 bridgehead atoms. The SMILES string of the molecule is COc1cc(-c2cccs2)sc1/C=C1/N=CC2=C1CCCC2. The second kappa shape index (κ2) is 5.86. The minimum atomic E-state index is 0.945. The molecule has 0 unspecified atom stereocenters. The van der Waals surface area contributed by atoms with Crippen LogP contribution in [-0.4, -0.2) is 13.3 Å². The van der Waals surface area contributed by atoms with Gasteiger partial charge in [0.05, 0.1) is 17.7 Å². The Morgan fingerprint density at radius 2 is 2.14 bits per heavy atom. The molecule has 4 heteroatoms. The molecule has 0 saturated heterocycles. The molecule has 0 fully saturated rings. The summed E-state index contributed by atoms with van der Waals surface area (Å²) < 4.78 is 5.57. The predicted octanol–water partition coefficient (Wildman–Crippen LogP) is 5.78. The first-order valence-electron chi connectivity index (χ1n) is 7.55. The van der Waals surface area contributed by atoms with Gasteiger partial charge < -0.3 is 4.74 Å². The normalized spacial score (nSPS) is 19.0. The van der Waals surface area contributed by atoms with Gasteiger partial charge in [0.15, 0.2) is 0 Å². The van der Waals surface area contributed by atoms with Crippen LogP contribution in [0.3, 0.4) is 0 Å². The van der Waals surface area contributed by atoms with E-state index in [1.54, 1.807) is 29.8 Å². The van der Waals surface area contributed by atoms with Gasteiger partial charge in [0.1, 0.15) is 5.75 Å². The summed E-state index contributed by atoms with van der Waals surface area (Å²) in [5.41, 5.74) is 4.01. The first-order chi connectivity index (χ1) is 10.8. The molecule has 2 aromatic rings. The van der Waals surface area contributed by atoms with Gasteiger partial charge in [0, 0.05) is 22.0 Å². The van der Waals surface area contributed by atoms with Crippen LogP contribution in [0.1, 0.15) is 30.6 Å². The molecule has 0 saturated carbocycles. The van der Waals surface area contributed by atoms with Crippen molar-refractivity contribution in [3.63, 3.8) is 0 Å². The maximum absolute atomic E-state index is 5.57. The molecule has 0 N–H and O–H groups in total. The second-order valence-corrected chi connectivity index (χ2v) is 7.55. The third kappa shape index (κ3) is 2.46. The summed E-state index contributed by atoms with van der Waals surface area (Å²) in [6.45, 7) is 0. The molecule has 0 amide bonds. The summed E-state index contributed by atoms with van der Waals surface area (Å²) in [7, 11) is 1.74. The van der Waals surface area contributed by atoms with E-state index in [0.717, 1.165) is 22.7 Å². The standard InChI is InChI=1S/C18H17NOS2/c1-20-15-10-18(16-7-4-8-21-16)22-17(15)9-14-13-6-3-2-5-12(13)11-19-14/h4,7-11H,2-3,5-6H2,1H3/b14-9+. The third-order valence-corrected chi connectivity index (χ3v) is 6.28. The van der Waals surface area contributed by atoms with Crippen molar-refractivity contribution in [3.05, 3.63) is 45.3 Å². The zero-order valence-electron chi connectivity index (χ0n) is 12.5. The zero-order valence-corrected chi connectivity index (χ0v) is 14.1. The number of ether oxygens (including phenoxy) is 1. The van der Waals surface area contributed by atoms with Crippen LogP contribution in [0.5, 0.6) is 5.75 Å². The van der Waals surface area contributed by atoms with Gasteiger partial charge >= 0.3 is 0 Å². The summed E-state index contributed by atoms with van der Waals surface area (Å²) >= 11 is 3.55. The van der Waals surface area contributed by atoms with Crippen LogP contribution in [0.4, 0.5) is 0 Å². The summed E-state index contributed by atoms with van der Waals surface area (Å²) in [6, 6.07) is 6.38. The van der Waals surface area contributed by atoms with Crippen LogP contribution in [0.2, 0.25) is 0 Å². The smallest absolute Gasteiger partial charge is 0.137 e. The van der Waals surface area contributed by atoms with Crippen LogP contribution in [0.15, 0.2) is 45.4 Å². The number of methoxy groups -OCH3 is 1. The van der Waals surface area contributed by atoms with Crippen molar-refractivity contribution in [3.8, 4) is 15.5 Å². The van der Waals surface area contributed by atoms with Crippen molar-refractivity contribution in [2.24, 2.45) is 4.99 Å². The highest BCUT2D eigenvalue weighted by atomic mass is 32.1. The van der Waals surface area contributed by atoms with Crippen LogP contribution in [-0.2, 0) is 0 Å². The van der Waals surface area contributed by atoms with Gasteiger partial charge in [-0.05, 0) is 54.4 Å². The molecule has 1 aliphatic heterocycles. The largest absolute Gasteiger partial charge is 0.495 e. The van der Waals surface area contributed by atoms with Gasteiger partial charge in [-0.1, -0.05) is 6.07 Å². The maximum atomic E-state index is 5.57. The molecule has 2 aromatic heterocycles. The topological polar surface area (TPSA) is 21.6 Å². The Bertz CT molecular complexity index is 778. The molecule has 1 aliphatic carbocycles. The van der Waals surface area contributed by atoms with Crippen LogP contribution >= 0.6 is 22.7 Å². The van der Waals surface area contributed by atoms with Crippen molar-refractivity contribution < 1.29 is 4.74 Å². The first-order valence-corrected chi connectivity index (χ1v) is 9.24. The number of nitrogens with zero attached hydrogens (tertiary/aromatic N) is 1. The highest BCUT2D eigenvalue weighted by Gasteiger charge is 2.20. The Hall–Kier alpha value is -1.65. The monoisotopic (exact) mass is 327 g/mol. The number of hydrogen-bond donors (Lipinski definition) is 0.